The molecule has 2 saturated carbocycles. The Balaban J connectivity index is 1.58. The van der Waals surface area contributed by atoms with Crippen LogP contribution in [0.15, 0.2) is 5.38 Å². The highest BCUT2D eigenvalue weighted by atomic mass is 32.1. The highest BCUT2D eigenvalue weighted by molar-refractivity contribution is 7.09. The molecule has 2 nitrogen and oxygen atoms in total. The van der Waals surface area contributed by atoms with Crippen LogP contribution in [0.2, 0.25) is 0 Å². The first kappa shape index (κ1) is 13.3. The Morgan fingerprint density at radius 2 is 2.05 bits per heavy atom. The molecule has 0 N–H and O–H groups in total. The van der Waals surface area contributed by atoms with E-state index in [-0.39, 0.29) is 0 Å². The summed E-state index contributed by atoms with van der Waals surface area (Å²) in [6.07, 6.45) is 9.71. The summed E-state index contributed by atoms with van der Waals surface area (Å²) in [6, 6.07) is 0. The molecule has 0 bridgehead atoms. The van der Waals surface area contributed by atoms with Crippen LogP contribution in [0.5, 0.6) is 0 Å². The van der Waals surface area contributed by atoms with Gasteiger partial charge in [0, 0.05) is 17.7 Å². The van der Waals surface area contributed by atoms with Gasteiger partial charge < -0.3 is 0 Å². The van der Waals surface area contributed by atoms with Gasteiger partial charge in [-0.3, -0.25) is 4.79 Å². The molecule has 2 fully saturated rings. The molecule has 104 valence electrons. The zero-order valence-corrected chi connectivity index (χ0v) is 12.5. The topological polar surface area (TPSA) is 30.0 Å². The normalized spacial score (nSPS) is 30.9. The lowest BCUT2D eigenvalue weighted by atomic mass is 9.66. The first-order chi connectivity index (χ1) is 9.22. The van der Waals surface area contributed by atoms with E-state index >= 15 is 0 Å². The Bertz CT molecular complexity index is 453. The van der Waals surface area contributed by atoms with Crippen molar-refractivity contribution in [1.29, 1.82) is 0 Å². The molecule has 1 aromatic heterocycles. The largest absolute Gasteiger partial charge is 0.299 e. The number of hydrogen-bond donors (Lipinski definition) is 0. The van der Waals surface area contributed by atoms with Gasteiger partial charge in [-0.25, -0.2) is 4.98 Å². The molecule has 3 rings (SSSR count). The standard InChI is InChI=1S/C16H23NOS/c1-11-17-15(10-19-11)9-16(18)14-7-6-12-4-2-3-5-13(12)8-14/h10,12-14H,2-9H2,1H3. The molecular weight excluding hydrogens is 254 g/mol. The van der Waals surface area contributed by atoms with E-state index in [2.05, 4.69) is 4.98 Å². The monoisotopic (exact) mass is 277 g/mol. The number of aryl methyl sites for hydroxylation is 1. The lowest BCUT2D eigenvalue weighted by molar-refractivity contribution is -0.124. The number of ketones is 1. The zero-order valence-electron chi connectivity index (χ0n) is 11.7. The highest BCUT2D eigenvalue weighted by Gasteiger charge is 2.34. The van der Waals surface area contributed by atoms with Crippen molar-refractivity contribution in [1.82, 2.24) is 4.98 Å². The smallest absolute Gasteiger partial charge is 0.141 e. The van der Waals surface area contributed by atoms with Gasteiger partial charge in [0.15, 0.2) is 0 Å². The van der Waals surface area contributed by atoms with Gasteiger partial charge in [-0.05, 0) is 38.0 Å². The van der Waals surface area contributed by atoms with Gasteiger partial charge in [-0.2, -0.15) is 0 Å². The summed E-state index contributed by atoms with van der Waals surface area (Å²) in [5.41, 5.74) is 0.985. The van der Waals surface area contributed by atoms with Gasteiger partial charge in [0.2, 0.25) is 0 Å². The van der Waals surface area contributed by atoms with E-state index in [4.69, 9.17) is 0 Å². The minimum atomic E-state index is 0.321. The van der Waals surface area contributed by atoms with E-state index < -0.39 is 0 Å². The lowest BCUT2D eigenvalue weighted by Crippen LogP contribution is -2.31. The average molecular weight is 277 g/mol. The summed E-state index contributed by atoms with van der Waals surface area (Å²) >= 11 is 1.65. The maximum Gasteiger partial charge on any atom is 0.141 e. The van der Waals surface area contributed by atoms with Crippen molar-refractivity contribution < 1.29 is 4.79 Å². The number of thiazole rings is 1. The molecule has 3 unspecified atom stereocenters. The lowest BCUT2D eigenvalue weighted by Gasteiger charge is -2.38. The third kappa shape index (κ3) is 3.07. The fraction of sp³-hybridized carbons (Fsp3) is 0.750. The van der Waals surface area contributed by atoms with E-state index in [9.17, 15) is 4.79 Å². The van der Waals surface area contributed by atoms with Crippen molar-refractivity contribution >= 4 is 17.1 Å². The Kier molecular flexibility index (Phi) is 4.01. The Morgan fingerprint density at radius 3 is 2.79 bits per heavy atom. The van der Waals surface area contributed by atoms with Crippen molar-refractivity contribution in [3.63, 3.8) is 0 Å². The maximum absolute atomic E-state index is 12.4. The minimum Gasteiger partial charge on any atom is -0.299 e. The van der Waals surface area contributed by atoms with Gasteiger partial charge in [0.25, 0.3) is 0 Å². The summed E-state index contributed by atoms with van der Waals surface area (Å²) in [5.74, 6) is 2.53. The molecule has 0 aliphatic heterocycles. The van der Waals surface area contributed by atoms with Gasteiger partial charge in [0.05, 0.1) is 10.7 Å². The maximum atomic E-state index is 12.4. The number of carbonyl (C=O) groups is 1. The zero-order chi connectivity index (χ0) is 13.2. The van der Waals surface area contributed by atoms with E-state index in [1.165, 1.54) is 32.1 Å². The SMILES string of the molecule is Cc1nc(CC(=O)C2CCC3CCCCC3C2)cs1. The van der Waals surface area contributed by atoms with Crippen LogP contribution < -0.4 is 0 Å². The first-order valence-corrected chi connectivity index (χ1v) is 8.54. The number of nitrogens with zero attached hydrogens (tertiary/aromatic N) is 1. The molecule has 1 aromatic rings. The molecule has 0 spiro atoms. The molecule has 2 aliphatic rings. The molecule has 0 saturated heterocycles. The van der Waals surface area contributed by atoms with Crippen molar-refractivity contribution in [2.24, 2.45) is 17.8 Å². The van der Waals surface area contributed by atoms with Crippen LogP contribution in [0.4, 0.5) is 0 Å². The van der Waals surface area contributed by atoms with Gasteiger partial charge in [0.1, 0.15) is 5.78 Å². The Labute approximate surface area is 119 Å². The molecule has 0 aromatic carbocycles. The van der Waals surface area contributed by atoms with Crippen molar-refractivity contribution in [3.8, 4) is 0 Å². The summed E-state index contributed by atoms with van der Waals surface area (Å²) in [7, 11) is 0. The van der Waals surface area contributed by atoms with Crippen LogP contribution in [0.3, 0.4) is 0 Å². The number of fused-ring (bicyclic) bond motifs is 1. The predicted octanol–water partition coefficient (Wildman–Crippen LogP) is 4.17. The number of rotatable bonds is 3. The van der Waals surface area contributed by atoms with Crippen LogP contribution in [-0.2, 0) is 11.2 Å². The van der Waals surface area contributed by atoms with E-state index in [1.807, 2.05) is 12.3 Å². The fourth-order valence-electron chi connectivity index (χ4n) is 3.98. The summed E-state index contributed by atoms with van der Waals surface area (Å²) in [6.45, 7) is 2.01. The summed E-state index contributed by atoms with van der Waals surface area (Å²) in [4.78, 5) is 16.8. The molecule has 1 heterocycles. The Hall–Kier alpha value is -0.700. The highest BCUT2D eigenvalue weighted by Crippen LogP contribution is 2.43. The van der Waals surface area contributed by atoms with E-state index in [0.29, 0.717) is 18.1 Å². The van der Waals surface area contributed by atoms with Crippen LogP contribution >= 0.6 is 11.3 Å². The molecule has 0 radical (unpaired) electrons. The number of carbonyl (C=O) groups excluding carboxylic acids is 1. The molecule has 3 heteroatoms. The third-order valence-electron chi connectivity index (χ3n) is 5.02. The predicted molar refractivity (Wildman–Crippen MR) is 78.4 cm³/mol. The van der Waals surface area contributed by atoms with Crippen molar-refractivity contribution in [2.75, 3.05) is 0 Å². The summed E-state index contributed by atoms with van der Waals surface area (Å²) < 4.78 is 0. The van der Waals surface area contributed by atoms with E-state index in [0.717, 1.165) is 35.4 Å². The average Bonchev–Trinajstić information content (AvgIpc) is 2.83. The molecule has 0 amide bonds. The number of aromatic nitrogens is 1. The van der Waals surface area contributed by atoms with Gasteiger partial charge in [-0.15, -0.1) is 11.3 Å². The first-order valence-electron chi connectivity index (χ1n) is 7.66. The minimum absolute atomic E-state index is 0.321. The third-order valence-corrected chi connectivity index (χ3v) is 5.84. The van der Waals surface area contributed by atoms with Crippen LogP contribution in [0.1, 0.15) is 55.6 Å². The molecule has 3 atom stereocenters. The van der Waals surface area contributed by atoms with Gasteiger partial charge >= 0.3 is 0 Å². The molecule has 19 heavy (non-hydrogen) atoms. The Morgan fingerprint density at radius 1 is 1.26 bits per heavy atom. The van der Waals surface area contributed by atoms with Crippen LogP contribution in [-0.4, -0.2) is 10.8 Å². The summed E-state index contributed by atoms with van der Waals surface area (Å²) in [5, 5.41) is 3.11. The number of Topliss-reactive ketones (excluding diaryl/α,β-unsaturated/α-hetero) is 1. The van der Waals surface area contributed by atoms with Crippen LogP contribution in [0, 0.1) is 24.7 Å². The molecule has 2 aliphatic carbocycles. The second-order valence-electron chi connectivity index (χ2n) is 6.32. The van der Waals surface area contributed by atoms with E-state index in [1.54, 1.807) is 11.3 Å². The number of hydrogen-bond acceptors (Lipinski definition) is 3. The van der Waals surface area contributed by atoms with Crippen molar-refractivity contribution in [2.45, 2.75) is 58.3 Å². The quantitative estimate of drug-likeness (QED) is 0.830. The molecular formula is C16H23NOS. The fourth-order valence-corrected chi connectivity index (χ4v) is 4.59. The van der Waals surface area contributed by atoms with Crippen LogP contribution in [0.25, 0.3) is 0 Å². The van der Waals surface area contributed by atoms with Gasteiger partial charge in [-0.1, -0.05) is 25.7 Å². The second kappa shape index (κ2) is 5.74. The second-order valence-corrected chi connectivity index (χ2v) is 7.38. The van der Waals surface area contributed by atoms with Crippen molar-refractivity contribution in [3.05, 3.63) is 16.1 Å².